The third kappa shape index (κ3) is 3.94. The van der Waals surface area contributed by atoms with Crippen molar-refractivity contribution >= 4 is 64.6 Å². The van der Waals surface area contributed by atoms with Crippen molar-refractivity contribution in [2.24, 2.45) is 0 Å². The van der Waals surface area contributed by atoms with Crippen LogP contribution in [0.4, 0.5) is 0 Å². The van der Waals surface area contributed by atoms with E-state index in [1.165, 1.54) is 48.5 Å². The zero-order chi connectivity index (χ0) is 27.6. The second kappa shape index (κ2) is 10.0. The van der Waals surface area contributed by atoms with Crippen molar-refractivity contribution in [2.45, 2.75) is 0 Å². The van der Waals surface area contributed by atoms with E-state index in [1.807, 2.05) is 6.07 Å². The molecule has 0 aliphatic rings. The molecule has 1 heterocycles. The molecule has 0 saturated carbocycles. The molecule has 0 spiro atoms. The third-order valence-electron chi connectivity index (χ3n) is 8.40. The van der Waals surface area contributed by atoms with E-state index in [0.29, 0.717) is 11.6 Å². The van der Waals surface area contributed by atoms with E-state index in [0.717, 1.165) is 27.3 Å². The molecule has 0 atom stereocenters. The molecule has 9 aromatic rings. The molecule has 43 heavy (non-hydrogen) atoms. The molecular weight excluding hydrogens is 705 g/mol. The van der Waals surface area contributed by atoms with E-state index >= 15 is 0 Å². The molecule has 0 amide bonds. The van der Waals surface area contributed by atoms with Crippen LogP contribution in [0.15, 0.2) is 127 Å². The second-order valence-electron chi connectivity index (χ2n) is 10.7. The maximum absolute atomic E-state index is 4.52. The second-order valence-corrected chi connectivity index (χ2v) is 10.7. The number of fused-ring (bicyclic) bond motifs is 12. The largest absolute Gasteiger partial charge is 0.201 e. The number of nitrogens with zero attached hydrogens (tertiary/aromatic N) is 4. The van der Waals surface area contributed by atoms with Gasteiger partial charge in [-0.15, -0.1) is 34.0 Å². The van der Waals surface area contributed by atoms with Crippen molar-refractivity contribution < 1.29 is 20.1 Å². The van der Waals surface area contributed by atoms with Crippen LogP contribution in [0.3, 0.4) is 0 Å². The molecule has 203 valence electrons. The van der Waals surface area contributed by atoms with Gasteiger partial charge in [-0.1, -0.05) is 125 Å². The maximum atomic E-state index is 4.52. The molecular formula is C38H21IrN4-. The average molecular weight is 726 g/mol. The molecule has 0 aliphatic carbocycles. The molecule has 0 saturated heterocycles. The molecule has 1 radical (unpaired) electrons. The Labute approximate surface area is 260 Å². The van der Waals surface area contributed by atoms with Gasteiger partial charge >= 0.3 is 0 Å². The standard InChI is InChI=1S/C38H21N4.Ir/c1-3-13-29-25(9-1)27-11-5-7-15-31(27)35-21-23(17-19-33(29)35)37-39-41-38(42-40-37)24-18-20-34-30-14-4-2-10-26(30)28-12-6-8-16-32(28)36(34)22-24;/h1-17,19-22H;/q-1;. The number of aromatic nitrogens is 4. The molecule has 0 unspecified atom stereocenters. The van der Waals surface area contributed by atoms with Crippen molar-refractivity contribution in [1.82, 2.24) is 20.4 Å². The zero-order valence-electron chi connectivity index (χ0n) is 22.7. The Kier molecular flexibility index (Phi) is 5.97. The number of hydrogen-bond donors (Lipinski definition) is 0. The van der Waals surface area contributed by atoms with Crippen LogP contribution >= 0.6 is 0 Å². The van der Waals surface area contributed by atoms with Gasteiger partial charge in [0.1, 0.15) is 5.82 Å². The van der Waals surface area contributed by atoms with Gasteiger partial charge in [-0.2, -0.15) is 10.2 Å². The van der Waals surface area contributed by atoms with Gasteiger partial charge in [0.25, 0.3) is 0 Å². The van der Waals surface area contributed by atoms with E-state index < -0.39 is 0 Å². The minimum atomic E-state index is 0. The van der Waals surface area contributed by atoms with Gasteiger partial charge in [0.15, 0.2) is 0 Å². The summed E-state index contributed by atoms with van der Waals surface area (Å²) in [5.41, 5.74) is 1.65. The van der Waals surface area contributed by atoms with Crippen LogP contribution in [0.1, 0.15) is 0 Å². The van der Waals surface area contributed by atoms with Gasteiger partial charge in [-0.3, -0.25) is 0 Å². The molecule has 4 nitrogen and oxygen atoms in total. The van der Waals surface area contributed by atoms with Crippen molar-refractivity contribution in [3.8, 4) is 22.8 Å². The van der Waals surface area contributed by atoms with E-state index in [1.54, 1.807) is 0 Å². The van der Waals surface area contributed by atoms with Gasteiger partial charge in [0.2, 0.25) is 5.82 Å². The Morgan fingerprint density at radius 3 is 1.21 bits per heavy atom. The van der Waals surface area contributed by atoms with E-state index in [9.17, 15) is 0 Å². The molecule has 8 aromatic carbocycles. The average Bonchev–Trinajstić information content (AvgIpc) is 3.08. The fourth-order valence-corrected chi connectivity index (χ4v) is 6.47. The van der Waals surface area contributed by atoms with Crippen molar-refractivity contribution in [3.63, 3.8) is 0 Å². The van der Waals surface area contributed by atoms with Crippen LogP contribution in [0.5, 0.6) is 0 Å². The summed E-state index contributed by atoms with van der Waals surface area (Å²) < 4.78 is 0. The van der Waals surface area contributed by atoms with Gasteiger partial charge in [0, 0.05) is 25.7 Å². The maximum Gasteiger partial charge on any atom is 0.201 e. The molecule has 9 rings (SSSR count). The Bertz CT molecular complexity index is 2280. The van der Waals surface area contributed by atoms with Crippen LogP contribution in [-0.2, 0) is 20.1 Å². The van der Waals surface area contributed by atoms with E-state index in [-0.39, 0.29) is 20.1 Å². The van der Waals surface area contributed by atoms with Gasteiger partial charge in [-0.25, -0.2) is 0 Å². The first-order valence-corrected chi connectivity index (χ1v) is 14.0. The van der Waals surface area contributed by atoms with E-state index in [4.69, 9.17) is 0 Å². The zero-order valence-corrected chi connectivity index (χ0v) is 25.1. The van der Waals surface area contributed by atoms with Gasteiger partial charge in [0.05, 0.1) is 0 Å². The Hall–Kier alpha value is -5.09. The molecule has 5 heteroatoms. The van der Waals surface area contributed by atoms with Crippen LogP contribution in [0.2, 0.25) is 0 Å². The fraction of sp³-hybridized carbons (Fsp3) is 0. The Morgan fingerprint density at radius 2 is 0.721 bits per heavy atom. The first-order chi connectivity index (χ1) is 20.8. The summed E-state index contributed by atoms with van der Waals surface area (Å²) in [6, 6.07) is 48.0. The predicted molar refractivity (Wildman–Crippen MR) is 172 cm³/mol. The van der Waals surface area contributed by atoms with Crippen LogP contribution in [0, 0.1) is 6.07 Å². The first kappa shape index (κ1) is 25.6. The predicted octanol–water partition coefficient (Wildman–Crippen LogP) is 9.32. The number of hydrogen-bond acceptors (Lipinski definition) is 4. The van der Waals surface area contributed by atoms with Crippen LogP contribution in [-0.4, -0.2) is 20.4 Å². The molecule has 1 aromatic heterocycles. The summed E-state index contributed by atoms with van der Waals surface area (Å²) in [5, 5.41) is 32.5. The van der Waals surface area contributed by atoms with Crippen LogP contribution < -0.4 is 0 Å². The number of rotatable bonds is 2. The van der Waals surface area contributed by atoms with Crippen molar-refractivity contribution in [3.05, 3.63) is 133 Å². The Balaban J connectivity index is 0.00000278. The smallest absolute Gasteiger partial charge is 0.177 e. The van der Waals surface area contributed by atoms with Crippen molar-refractivity contribution in [1.29, 1.82) is 0 Å². The molecule has 0 N–H and O–H groups in total. The normalized spacial score (nSPS) is 11.5. The number of benzene rings is 8. The fourth-order valence-electron chi connectivity index (χ4n) is 6.47. The minimum absolute atomic E-state index is 0. The SMILES string of the molecule is [Ir].[c-]1cc2c3ccccc3c3ccccc3c2cc1-c1nnc(-c2ccc3c4ccccc4c4ccccc4c3c2)nn1. The summed E-state index contributed by atoms with van der Waals surface area (Å²) >= 11 is 0. The molecule has 0 aliphatic heterocycles. The first-order valence-electron chi connectivity index (χ1n) is 14.0. The van der Waals surface area contributed by atoms with Gasteiger partial charge in [-0.05, 0) is 54.5 Å². The van der Waals surface area contributed by atoms with E-state index in [2.05, 4.69) is 148 Å². The topological polar surface area (TPSA) is 51.6 Å². The summed E-state index contributed by atoms with van der Waals surface area (Å²) in [7, 11) is 0. The van der Waals surface area contributed by atoms with Gasteiger partial charge < -0.3 is 0 Å². The molecule has 0 fully saturated rings. The monoisotopic (exact) mass is 726 g/mol. The summed E-state index contributed by atoms with van der Waals surface area (Å²) in [6.07, 6.45) is 0. The Morgan fingerprint density at radius 1 is 0.349 bits per heavy atom. The minimum Gasteiger partial charge on any atom is -0.177 e. The summed E-state index contributed by atoms with van der Waals surface area (Å²) in [4.78, 5) is 0. The van der Waals surface area contributed by atoms with Crippen LogP contribution in [0.25, 0.3) is 87.4 Å². The summed E-state index contributed by atoms with van der Waals surface area (Å²) in [5.74, 6) is 0.949. The van der Waals surface area contributed by atoms with Crippen molar-refractivity contribution in [2.75, 3.05) is 0 Å². The third-order valence-corrected chi connectivity index (χ3v) is 8.40. The summed E-state index contributed by atoms with van der Waals surface area (Å²) in [6.45, 7) is 0. The molecule has 0 bridgehead atoms. The quantitative estimate of drug-likeness (QED) is 0.132.